The van der Waals surface area contributed by atoms with Gasteiger partial charge in [-0.05, 0) is 34.0 Å². The summed E-state index contributed by atoms with van der Waals surface area (Å²) in [4.78, 5) is 0. The summed E-state index contributed by atoms with van der Waals surface area (Å²) in [7, 11) is 0. The van der Waals surface area contributed by atoms with Crippen LogP contribution in [0.15, 0.2) is 66.7 Å². The van der Waals surface area contributed by atoms with Gasteiger partial charge in [0.15, 0.2) is 0 Å². The number of hydrogen-bond acceptors (Lipinski definition) is 1. The zero-order valence-electron chi connectivity index (χ0n) is 10.5. The van der Waals surface area contributed by atoms with Gasteiger partial charge in [-0.3, -0.25) is 0 Å². The van der Waals surface area contributed by atoms with Crippen LogP contribution in [0, 0.1) is 0 Å². The van der Waals surface area contributed by atoms with E-state index >= 15 is 0 Å². The van der Waals surface area contributed by atoms with Gasteiger partial charge in [0.2, 0.25) is 0 Å². The molecule has 0 aromatic heterocycles. The molecule has 0 aliphatic rings. The Labute approximate surface area is 112 Å². The van der Waals surface area contributed by atoms with E-state index in [4.69, 9.17) is 0 Å². The minimum absolute atomic E-state index is 0.294. The number of benzene rings is 3. The largest absolute Gasteiger partial charge is 0.508 e. The summed E-state index contributed by atoms with van der Waals surface area (Å²) >= 11 is 0. The Balaban J connectivity index is 1.99. The van der Waals surface area contributed by atoms with Crippen molar-refractivity contribution in [1.82, 2.24) is 0 Å². The predicted molar refractivity (Wildman–Crippen MR) is 81.0 cm³/mol. The van der Waals surface area contributed by atoms with Crippen molar-refractivity contribution in [1.29, 1.82) is 0 Å². The van der Waals surface area contributed by atoms with Crippen LogP contribution >= 0.6 is 0 Å². The topological polar surface area (TPSA) is 20.2 Å². The van der Waals surface area contributed by atoms with Crippen LogP contribution in [0.5, 0.6) is 5.75 Å². The highest BCUT2D eigenvalue weighted by Gasteiger charge is 1.96. The van der Waals surface area contributed by atoms with E-state index in [9.17, 15) is 5.11 Å². The molecule has 92 valence electrons. The lowest BCUT2D eigenvalue weighted by Crippen LogP contribution is -1.77. The molecule has 0 radical (unpaired) electrons. The highest BCUT2D eigenvalue weighted by Crippen LogP contribution is 2.21. The average Bonchev–Trinajstić information content (AvgIpc) is 2.47. The Kier molecular flexibility index (Phi) is 3.03. The molecule has 0 aliphatic carbocycles. The molecule has 0 atom stereocenters. The van der Waals surface area contributed by atoms with Crippen molar-refractivity contribution < 1.29 is 5.11 Å². The molecule has 0 unspecified atom stereocenters. The van der Waals surface area contributed by atoms with Crippen LogP contribution in [-0.4, -0.2) is 5.11 Å². The summed E-state index contributed by atoms with van der Waals surface area (Å²) in [6.45, 7) is 0. The Hall–Kier alpha value is -2.54. The second-order valence-corrected chi connectivity index (χ2v) is 4.49. The Morgan fingerprint density at radius 3 is 2.26 bits per heavy atom. The van der Waals surface area contributed by atoms with Crippen LogP contribution in [0.25, 0.3) is 22.9 Å². The van der Waals surface area contributed by atoms with Crippen LogP contribution in [0.1, 0.15) is 11.1 Å². The molecule has 1 N–H and O–H groups in total. The molecule has 3 aromatic carbocycles. The van der Waals surface area contributed by atoms with Gasteiger partial charge >= 0.3 is 0 Å². The first-order valence-electron chi connectivity index (χ1n) is 6.28. The number of aromatic hydroxyl groups is 1. The smallest absolute Gasteiger partial charge is 0.115 e. The monoisotopic (exact) mass is 246 g/mol. The van der Waals surface area contributed by atoms with Crippen molar-refractivity contribution in [3.63, 3.8) is 0 Å². The fourth-order valence-electron chi connectivity index (χ4n) is 2.17. The zero-order valence-corrected chi connectivity index (χ0v) is 10.5. The van der Waals surface area contributed by atoms with Gasteiger partial charge in [0, 0.05) is 0 Å². The van der Waals surface area contributed by atoms with E-state index in [2.05, 4.69) is 54.6 Å². The minimum Gasteiger partial charge on any atom is -0.508 e. The lowest BCUT2D eigenvalue weighted by molar-refractivity contribution is 0.475. The van der Waals surface area contributed by atoms with Crippen molar-refractivity contribution in [3.05, 3.63) is 77.9 Å². The molecule has 19 heavy (non-hydrogen) atoms. The highest BCUT2D eigenvalue weighted by molar-refractivity contribution is 5.92. The van der Waals surface area contributed by atoms with Crippen LogP contribution in [0.2, 0.25) is 0 Å². The van der Waals surface area contributed by atoms with Crippen LogP contribution in [0.4, 0.5) is 0 Å². The zero-order chi connectivity index (χ0) is 13.1. The summed E-state index contributed by atoms with van der Waals surface area (Å²) in [5.41, 5.74) is 2.27. The molecular formula is C18H14O. The van der Waals surface area contributed by atoms with Crippen LogP contribution in [0.3, 0.4) is 0 Å². The molecule has 1 nitrogen and oxygen atoms in total. The van der Waals surface area contributed by atoms with E-state index in [1.807, 2.05) is 12.1 Å². The molecule has 0 bridgehead atoms. The van der Waals surface area contributed by atoms with E-state index in [1.165, 1.54) is 16.3 Å². The summed E-state index contributed by atoms with van der Waals surface area (Å²) in [5.74, 6) is 0.294. The first-order valence-corrected chi connectivity index (χ1v) is 6.28. The first kappa shape index (κ1) is 11.5. The van der Waals surface area contributed by atoms with Gasteiger partial charge in [-0.2, -0.15) is 0 Å². The molecule has 3 aromatic rings. The fourth-order valence-corrected chi connectivity index (χ4v) is 2.17. The van der Waals surface area contributed by atoms with Gasteiger partial charge < -0.3 is 5.11 Å². The normalized spacial score (nSPS) is 11.2. The van der Waals surface area contributed by atoms with E-state index in [0.29, 0.717) is 5.75 Å². The summed E-state index contributed by atoms with van der Waals surface area (Å²) in [6.07, 6.45) is 4.16. The number of phenolic OH excluding ortho intramolecular Hbond substituents is 1. The van der Waals surface area contributed by atoms with Crippen molar-refractivity contribution in [2.75, 3.05) is 0 Å². The maximum Gasteiger partial charge on any atom is 0.115 e. The molecule has 0 aliphatic heterocycles. The second kappa shape index (κ2) is 4.99. The molecule has 1 heteroatoms. The number of hydrogen-bond donors (Lipinski definition) is 1. The van der Waals surface area contributed by atoms with Gasteiger partial charge in [-0.15, -0.1) is 0 Å². The third-order valence-corrected chi connectivity index (χ3v) is 3.17. The standard InChI is InChI=1S/C18H14O/c19-17-12-9-14(10-13-17)8-11-16-6-3-5-15-4-1-2-7-18(15)16/h1-13,19H/b11-8+. The second-order valence-electron chi connectivity index (χ2n) is 4.49. The molecule has 0 amide bonds. The van der Waals surface area contributed by atoms with E-state index in [1.54, 1.807) is 12.1 Å². The maximum atomic E-state index is 9.26. The number of rotatable bonds is 2. The van der Waals surface area contributed by atoms with Crippen molar-refractivity contribution in [2.45, 2.75) is 0 Å². The predicted octanol–water partition coefficient (Wildman–Crippen LogP) is 4.72. The van der Waals surface area contributed by atoms with E-state index in [-0.39, 0.29) is 0 Å². The highest BCUT2D eigenvalue weighted by atomic mass is 16.3. The van der Waals surface area contributed by atoms with Gasteiger partial charge in [0.05, 0.1) is 0 Å². The lowest BCUT2D eigenvalue weighted by Gasteiger charge is -2.01. The van der Waals surface area contributed by atoms with Crippen molar-refractivity contribution in [3.8, 4) is 5.75 Å². The Bertz CT molecular complexity index is 719. The molecular weight excluding hydrogens is 232 g/mol. The molecule has 0 spiro atoms. The van der Waals surface area contributed by atoms with Gasteiger partial charge in [-0.25, -0.2) is 0 Å². The third-order valence-electron chi connectivity index (χ3n) is 3.17. The van der Waals surface area contributed by atoms with Crippen molar-refractivity contribution in [2.24, 2.45) is 0 Å². The van der Waals surface area contributed by atoms with Gasteiger partial charge in [-0.1, -0.05) is 66.7 Å². The first-order chi connectivity index (χ1) is 9.33. The summed E-state index contributed by atoms with van der Waals surface area (Å²) < 4.78 is 0. The van der Waals surface area contributed by atoms with Gasteiger partial charge in [0.25, 0.3) is 0 Å². The molecule has 0 saturated carbocycles. The Morgan fingerprint density at radius 1 is 0.684 bits per heavy atom. The van der Waals surface area contributed by atoms with Crippen LogP contribution < -0.4 is 0 Å². The SMILES string of the molecule is Oc1ccc(/C=C/c2cccc3ccccc23)cc1. The summed E-state index contributed by atoms with van der Waals surface area (Å²) in [6, 6.07) is 21.8. The average molecular weight is 246 g/mol. The lowest BCUT2D eigenvalue weighted by atomic mass is 10.0. The van der Waals surface area contributed by atoms with Crippen LogP contribution in [-0.2, 0) is 0 Å². The van der Waals surface area contributed by atoms with E-state index < -0.39 is 0 Å². The molecule has 0 fully saturated rings. The maximum absolute atomic E-state index is 9.26. The molecule has 0 saturated heterocycles. The number of fused-ring (bicyclic) bond motifs is 1. The van der Waals surface area contributed by atoms with E-state index in [0.717, 1.165) is 5.56 Å². The fraction of sp³-hybridized carbons (Fsp3) is 0. The molecule has 3 rings (SSSR count). The molecule has 0 heterocycles. The third kappa shape index (κ3) is 2.50. The van der Waals surface area contributed by atoms with Gasteiger partial charge in [0.1, 0.15) is 5.75 Å². The Morgan fingerprint density at radius 2 is 1.42 bits per heavy atom. The minimum atomic E-state index is 0.294. The summed E-state index contributed by atoms with van der Waals surface area (Å²) in [5, 5.41) is 11.8. The van der Waals surface area contributed by atoms with Crippen molar-refractivity contribution >= 4 is 22.9 Å². The quantitative estimate of drug-likeness (QED) is 0.649. The number of phenols is 1.